The van der Waals surface area contributed by atoms with Crippen molar-refractivity contribution >= 4 is 16.8 Å². The average Bonchev–Trinajstić information content (AvgIpc) is 2.92. The molecule has 1 amide bonds. The second-order valence-corrected chi connectivity index (χ2v) is 4.67. The Bertz CT molecular complexity index is 811. The fourth-order valence-corrected chi connectivity index (χ4v) is 2.21. The number of nitrogens with one attached hydrogen (secondary N) is 2. The molecule has 0 saturated carbocycles. The van der Waals surface area contributed by atoms with E-state index in [1.165, 1.54) is 0 Å². The van der Waals surface area contributed by atoms with E-state index in [0.29, 0.717) is 5.56 Å². The minimum Gasteiger partial charge on any atom is -0.360 e. The zero-order chi connectivity index (χ0) is 14.8. The van der Waals surface area contributed by atoms with Crippen molar-refractivity contribution in [2.24, 2.45) is 0 Å². The Labute approximate surface area is 119 Å². The molecule has 0 unspecified atom stereocenters. The first-order valence-corrected chi connectivity index (χ1v) is 6.43. The highest BCUT2D eigenvalue weighted by atomic mass is 19.1. The van der Waals surface area contributed by atoms with Gasteiger partial charge >= 0.3 is 0 Å². The zero-order valence-corrected chi connectivity index (χ0v) is 11.0. The summed E-state index contributed by atoms with van der Waals surface area (Å²) in [7, 11) is 0. The highest BCUT2D eigenvalue weighted by molar-refractivity contribution is 6.06. The van der Waals surface area contributed by atoms with Crippen LogP contribution in [0.4, 0.5) is 8.78 Å². The molecule has 0 aliphatic carbocycles. The fraction of sp³-hybridized carbons (Fsp3) is 0.0625. The summed E-state index contributed by atoms with van der Waals surface area (Å²) >= 11 is 0. The van der Waals surface area contributed by atoms with Gasteiger partial charge in [0.1, 0.15) is 11.6 Å². The van der Waals surface area contributed by atoms with Crippen molar-refractivity contribution in [3.63, 3.8) is 0 Å². The molecule has 21 heavy (non-hydrogen) atoms. The fourth-order valence-electron chi connectivity index (χ4n) is 2.21. The number of carbonyl (C=O) groups excluding carboxylic acids is 1. The lowest BCUT2D eigenvalue weighted by atomic mass is 10.1. The summed E-state index contributed by atoms with van der Waals surface area (Å²) in [5.74, 6) is -1.42. The number of hydrogen-bond acceptors (Lipinski definition) is 1. The third-order valence-electron chi connectivity index (χ3n) is 3.28. The molecule has 0 aliphatic rings. The SMILES string of the molecule is O=C(NCc1cc(F)ccc1F)c1c[nH]c2ccccc12. The lowest BCUT2D eigenvalue weighted by Gasteiger charge is -2.06. The maximum absolute atomic E-state index is 13.5. The van der Waals surface area contributed by atoms with Crippen LogP contribution in [0.1, 0.15) is 15.9 Å². The Kier molecular flexibility index (Phi) is 3.39. The monoisotopic (exact) mass is 286 g/mol. The number of benzene rings is 2. The summed E-state index contributed by atoms with van der Waals surface area (Å²) in [6.07, 6.45) is 1.60. The number of hydrogen-bond donors (Lipinski definition) is 2. The minimum absolute atomic E-state index is 0.0675. The summed E-state index contributed by atoms with van der Waals surface area (Å²) in [6, 6.07) is 10.5. The lowest BCUT2D eigenvalue weighted by molar-refractivity contribution is 0.0952. The van der Waals surface area contributed by atoms with Crippen LogP contribution >= 0.6 is 0 Å². The molecule has 0 saturated heterocycles. The minimum atomic E-state index is -0.546. The molecule has 0 bridgehead atoms. The normalized spacial score (nSPS) is 10.8. The highest BCUT2D eigenvalue weighted by Crippen LogP contribution is 2.17. The molecule has 3 nitrogen and oxygen atoms in total. The van der Waals surface area contributed by atoms with E-state index in [1.807, 2.05) is 24.3 Å². The summed E-state index contributed by atoms with van der Waals surface area (Å²) in [5.41, 5.74) is 1.44. The van der Waals surface area contributed by atoms with Crippen LogP contribution in [0.25, 0.3) is 10.9 Å². The van der Waals surface area contributed by atoms with Gasteiger partial charge < -0.3 is 10.3 Å². The molecule has 2 N–H and O–H groups in total. The van der Waals surface area contributed by atoms with Crippen LogP contribution < -0.4 is 5.32 Å². The van der Waals surface area contributed by atoms with Crippen LogP contribution in [0.2, 0.25) is 0 Å². The van der Waals surface area contributed by atoms with E-state index in [4.69, 9.17) is 0 Å². The topological polar surface area (TPSA) is 44.9 Å². The van der Waals surface area contributed by atoms with Gasteiger partial charge in [0.05, 0.1) is 5.56 Å². The van der Waals surface area contributed by atoms with E-state index in [0.717, 1.165) is 29.1 Å². The summed E-state index contributed by atoms with van der Waals surface area (Å²) in [5, 5.41) is 3.38. The molecule has 0 atom stereocenters. The standard InChI is InChI=1S/C16H12F2N2O/c17-11-5-6-14(18)10(7-11)8-20-16(21)13-9-19-15-4-2-1-3-12(13)15/h1-7,9,19H,8H2,(H,20,21). The Morgan fingerprint density at radius 1 is 1.14 bits per heavy atom. The van der Waals surface area contributed by atoms with Gasteiger partial charge in [-0.15, -0.1) is 0 Å². The maximum atomic E-state index is 13.5. The Balaban J connectivity index is 1.79. The smallest absolute Gasteiger partial charge is 0.253 e. The summed E-state index contributed by atoms with van der Waals surface area (Å²) in [6.45, 7) is -0.0675. The third-order valence-corrected chi connectivity index (χ3v) is 3.28. The van der Waals surface area contributed by atoms with Crippen molar-refractivity contribution in [3.05, 3.63) is 71.4 Å². The first kappa shape index (κ1) is 13.3. The Morgan fingerprint density at radius 3 is 2.81 bits per heavy atom. The molecular weight excluding hydrogens is 274 g/mol. The second kappa shape index (κ2) is 5.36. The molecule has 1 aromatic heterocycles. The van der Waals surface area contributed by atoms with Gasteiger partial charge in [-0.1, -0.05) is 18.2 Å². The number of aromatic nitrogens is 1. The summed E-state index contributed by atoms with van der Waals surface area (Å²) in [4.78, 5) is 15.1. The zero-order valence-electron chi connectivity index (χ0n) is 11.0. The molecule has 3 rings (SSSR count). The van der Waals surface area contributed by atoms with Crippen molar-refractivity contribution in [2.45, 2.75) is 6.54 Å². The largest absolute Gasteiger partial charge is 0.360 e. The van der Waals surface area contributed by atoms with Crippen molar-refractivity contribution in [1.29, 1.82) is 0 Å². The molecule has 1 heterocycles. The number of H-pyrrole nitrogens is 1. The molecule has 0 fully saturated rings. The number of fused-ring (bicyclic) bond motifs is 1. The second-order valence-electron chi connectivity index (χ2n) is 4.67. The molecule has 0 radical (unpaired) electrons. The van der Waals surface area contributed by atoms with Gasteiger partial charge in [-0.05, 0) is 24.3 Å². The predicted molar refractivity (Wildman–Crippen MR) is 75.8 cm³/mol. The third kappa shape index (κ3) is 2.63. The van der Waals surface area contributed by atoms with Gasteiger partial charge in [-0.3, -0.25) is 4.79 Å². The van der Waals surface area contributed by atoms with Crippen LogP contribution in [-0.2, 0) is 6.54 Å². The molecule has 2 aromatic carbocycles. The van der Waals surface area contributed by atoms with Gasteiger partial charge in [0.25, 0.3) is 5.91 Å². The van der Waals surface area contributed by atoms with Gasteiger partial charge in [0.15, 0.2) is 0 Å². The van der Waals surface area contributed by atoms with Crippen molar-refractivity contribution in [2.75, 3.05) is 0 Å². The lowest BCUT2D eigenvalue weighted by Crippen LogP contribution is -2.23. The molecule has 0 aliphatic heterocycles. The number of aromatic amines is 1. The van der Waals surface area contributed by atoms with E-state index < -0.39 is 11.6 Å². The van der Waals surface area contributed by atoms with E-state index in [1.54, 1.807) is 6.20 Å². The van der Waals surface area contributed by atoms with Crippen molar-refractivity contribution in [1.82, 2.24) is 10.3 Å². The van der Waals surface area contributed by atoms with Crippen molar-refractivity contribution < 1.29 is 13.6 Å². The Morgan fingerprint density at radius 2 is 1.95 bits per heavy atom. The molecule has 106 valence electrons. The van der Waals surface area contributed by atoms with Crippen LogP contribution in [0.3, 0.4) is 0 Å². The molecule has 5 heteroatoms. The summed E-state index contributed by atoms with van der Waals surface area (Å²) < 4.78 is 26.6. The molecular formula is C16H12F2N2O. The molecule has 3 aromatic rings. The number of rotatable bonds is 3. The number of amides is 1. The van der Waals surface area contributed by atoms with Crippen LogP contribution in [0.5, 0.6) is 0 Å². The van der Waals surface area contributed by atoms with E-state index in [-0.39, 0.29) is 18.0 Å². The van der Waals surface area contributed by atoms with Gasteiger partial charge in [-0.25, -0.2) is 8.78 Å². The van der Waals surface area contributed by atoms with Crippen molar-refractivity contribution in [3.8, 4) is 0 Å². The van der Waals surface area contributed by atoms with E-state index in [9.17, 15) is 13.6 Å². The maximum Gasteiger partial charge on any atom is 0.253 e. The highest BCUT2D eigenvalue weighted by Gasteiger charge is 2.12. The van der Waals surface area contributed by atoms with Gasteiger partial charge in [-0.2, -0.15) is 0 Å². The number of carbonyl (C=O) groups is 1. The van der Waals surface area contributed by atoms with Crippen LogP contribution in [0.15, 0.2) is 48.7 Å². The van der Waals surface area contributed by atoms with Crippen LogP contribution in [0, 0.1) is 11.6 Å². The van der Waals surface area contributed by atoms with Gasteiger partial charge in [0.2, 0.25) is 0 Å². The van der Waals surface area contributed by atoms with Gasteiger partial charge in [0, 0.05) is 29.2 Å². The van der Waals surface area contributed by atoms with E-state index >= 15 is 0 Å². The quantitative estimate of drug-likeness (QED) is 0.761. The number of para-hydroxylation sites is 1. The average molecular weight is 286 g/mol. The van der Waals surface area contributed by atoms with Crippen LogP contribution in [-0.4, -0.2) is 10.9 Å². The Hall–Kier alpha value is -2.69. The first-order valence-electron chi connectivity index (χ1n) is 6.43. The van der Waals surface area contributed by atoms with E-state index in [2.05, 4.69) is 10.3 Å². The first-order chi connectivity index (χ1) is 10.1. The number of halogens is 2. The molecule has 0 spiro atoms. The predicted octanol–water partition coefficient (Wildman–Crippen LogP) is 3.38.